The molecule has 1 aliphatic carbocycles. The molecule has 0 unspecified atom stereocenters. The van der Waals surface area contributed by atoms with Crippen molar-refractivity contribution >= 4 is 32.0 Å². The Labute approximate surface area is 215 Å². The molecule has 2 rings (SSSR count). The molecule has 0 aliphatic heterocycles. The Morgan fingerprint density at radius 1 is 0.833 bits per heavy atom. The van der Waals surface area contributed by atoms with E-state index in [-0.39, 0.29) is 70.4 Å². The summed E-state index contributed by atoms with van der Waals surface area (Å²) in [4.78, 5) is 19.8. The molecule has 12 nitrogen and oxygen atoms in total. The topological polar surface area (TPSA) is 201 Å². The average molecular weight is 476 g/mol. The number of benzene rings is 1. The average Bonchev–Trinajstić information content (AvgIpc) is 2.58. The van der Waals surface area contributed by atoms with Crippen LogP contribution in [0.5, 0.6) is 0 Å². The summed E-state index contributed by atoms with van der Waals surface area (Å²) in [5, 5.41) is 21.5. The molecule has 150 valence electrons. The van der Waals surface area contributed by atoms with Gasteiger partial charge in [-0.2, -0.15) is 0 Å². The maximum absolute atomic E-state index is 11.7. The third-order valence-corrected chi connectivity index (χ3v) is 7.51. The molecule has 0 radical (unpaired) electrons. The van der Waals surface area contributed by atoms with Crippen LogP contribution in [-0.2, 0) is 20.2 Å². The molecule has 1 aromatic carbocycles. The first-order valence-electron chi connectivity index (χ1n) is 7.19. The van der Waals surface area contributed by atoms with E-state index in [1.165, 1.54) is 12.1 Å². The number of allylic oxidation sites excluding steroid dienone is 4. The number of hydrogen-bond acceptors (Lipinski definition) is 10. The molecule has 0 atom stereocenters. The Balaban J connectivity index is 0.00000420. The van der Waals surface area contributed by atoms with Gasteiger partial charge in [-0.05, 0) is 23.3 Å². The van der Waals surface area contributed by atoms with Gasteiger partial charge in [0, 0.05) is 18.2 Å². The van der Waals surface area contributed by atoms with Gasteiger partial charge in [-0.3, -0.25) is 20.2 Å². The van der Waals surface area contributed by atoms with Crippen molar-refractivity contribution in [2.24, 2.45) is 0 Å². The second-order valence-electron chi connectivity index (χ2n) is 5.56. The SMILES string of the molecule is O=[N+]([O-])C1=CC=C(C=Cc2ccc([N+](=O)[O-])cc2)C(S(=O)(=O)[O-])(S(=O)(=O)[O-])C1.[Na+].[Na+]. The predicted molar refractivity (Wildman–Crippen MR) is 92.0 cm³/mol. The van der Waals surface area contributed by atoms with Crippen molar-refractivity contribution in [1.82, 2.24) is 0 Å². The third-order valence-electron chi connectivity index (χ3n) is 3.91. The zero-order chi connectivity index (χ0) is 21.3. The fraction of sp³-hybridized carbons (Fsp3) is 0.143. The second kappa shape index (κ2) is 10.6. The number of non-ortho nitro benzene ring substituents is 1. The molecule has 16 heteroatoms. The number of nitrogens with zero attached hydrogens (tertiary/aromatic N) is 2. The van der Waals surface area contributed by atoms with E-state index in [0.29, 0.717) is 6.08 Å². The van der Waals surface area contributed by atoms with Gasteiger partial charge in [-0.1, -0.05) is 18.2 Å². The van der Waals surface area contributed by atoms with Crippen LogP contribution in [0.3, 0.4) is 0 Å². The van der Waals surface area contributed by atoms with E-state index in [4.69, 9.17) is 0 Å². The van der Waals surface area contributed by atoms with Gasteiger partial charge in [0.25, 0.3) is 5.69 Å². The number of rotatable bonds is 6. The van der Waals surface area contributed by atoms with E-state index in [2.05, 4.69) is 0 Å². The minimum Gasteiger partial charge on any atom is -0.746 e. The van der Waals surface area contributed by atoms with Crippen LogP contribution in [0, 0.1) is 20.2 Å². The Kier molecular flexibility index (Phi) is 10.3. The number of hydrogen-bond donors (Lipinski definition) is 0. The molecule has 0 N–H and O–H groups in total. The predicted octanol–water partition coefficient (Wildman–Crippen LogP) is -5.11. The van der Waals surface area contributed by atoms with Crippen molar-refractivity contribution in [2.45, 2.75) is 10.5 Å². The molecule has 1 aromatic rings. The van der Waals surface area contributed by atoms with Crippen LogP contribution in [0.25, 0.3) is 6.08 Å². The smallest absolute Gasteiger partial charge is 0.746 e. The van der Waals surface area contributed by atoms with Crippen LogP contribution in [0.1, 0.15) is 12.0 Å². The van der Waals surface area contributed by atoms with Crippen LogP contribution in [-0.4, -0.2) is 39.9 Å². The maximum atomic E-state index is 11.7. The number of nitro benzene ring substituents is 1. The summed E-state index contributed by atoms with van der Waals surface area (Å²) in [6.45, 7) is 0. The van der Waals surface area contributed by atoms with Gasteiger partial charge in [0.05, 0.1) is 16.3 Å². The number of nitro groups is 2. The maximum Gasteiger partial charge on any atom is 1.00 e. The molecule has 0 spiro atoms. The minimum absolute atomic E-state index is 0. The summed E-state index contributed by atoms with van der Waals surface area (Å²) >= 11 is 0. The first-order chi connectivity index (χ1) is 12.8. The zero-order valence-corrected chi connectivity index (χ0v) is 21.3. The van der Waals surface area contributed by atoms with E-state index in [1.54, 1.807) is 0 Å². The van der Waals surface area contributed by atoms with Crippen LogP contribution < -0.4 is 59.1 Å². The quantitative estimate of drug-likeness (QED) is 0.165. The van der Waals surface area contributed by atoms with E-state index in [0.717, 1.165) is 30.4 Å². The van der Waals surface area contributed by atoms with Crippen LogP contribution >= 0.6 is 0 Å². The molecule has 0 aromatic heterocycles. The monoisotopic (exact) mass is 476 g/mol. The molecule has 0 bridgehead atoms. The Bertz CT molecular complexity index is 1110. The first kappa shape index (κ1) is 29.1. The summed E-state index contributed by atoms with van der Waals surface area (Å²) < 4.78 is 66.8. The van der Waals surface area contributed by atoms with Gasteiger partial charge >= 0.3 is 59.1 Å². The Hall–Kier alpha value is -0.940. The second-order valence-corrected chi connectivity index (χ2v) is 9.03. The third kappa shape index (κ3) is 5.85. The normalized spacial score (nSPS) is 15.9. The van der Waals surface area contributed by atoms with Crippen molar-refractivity contribution < 1.29 is 94.9 Å². The Morgan fingerprint density at radius 2 is 1.33 bits per heavy atom. The molecule has 0 saturated carbocycles. The van der Waals surface area contributed by atoms with E-state index < -0.39 is 51.9 Å². The fourth-order valence-electron chi connectivity index (χ4n) is 2.50. The molecule has 0 fully saturated rings. The van der Waals surface area contributed by atoms with E-state index >= 15 is 0 Å². The first-order valence-corrected chi connectivity index (χ1v) is 10.0. The summed E-state index contributed by atoms with van der Waals surface area (Å²) in [6, 6.07) is 4.72. The summed E-state index contributed by atoms with van der Waals surface area (Å²) in [5.74, 6) is 0. The van der Waals surface area contributed by atoms with Crippen molar-refractivity contribution in [3.05, 3.63) is 79.6 Å². The molecule has 0 amide bonds. The largest absolute Gasteiger partial charge is 1.00 e. The summed E-state index contributed by atoms with van der Waals surface area (Å²) in [7, 11) is -11.8. The van der Waals surface area contributed by atoms with Crippen molar-refractivity contribution in [3.63, 3.8) is 0 Å². The van der Waals surface area contributed by atoms with Gasteiger partial charge in [0.15, 0.2) is 4.08 Å². The molecule has 30 heavy (non-hydrogen) atoms. The van der Waals surface area contributed by atoms with Gasteiger partial charge in [0.2, 0.25) is 5.70 Å². The molecule has 0 saturated heterocycles. The van der Waals surface area contributed by atoms with Crippen LogP contribution in [0.2, 0.25) is 0 Å². The standard InChI is InChI=1S/C14H12N2O10S2.2Na/c17-15(18)12-6-2-10(3-7-12)1-4-11-5-8-13(16(19)20)9-14(11,27(21,22)23)28(24,25)26;;/h1-8H,9H2,(H,21,22,23)(H,24,25,26);;/q;2*+1/p-2. The van der Waals surface area contributed by atoms with Gasteiger partial charge in [0.1, 0.15) is 20.2 Å². The van der Waals surface area contributed by atoms with E-state index in [9.17, 15) is 46.2 Å². The van der Waals surface area contributed by atoms with Gasteiger partial charge in [-0.25, -0.2) is 16.8 Å². The molecule has 1 aliphatic rings. The van der Waals surface area contributed by atoms with Gasteiger partial charge < -0.3 is 9.11 Å². The fourth-order valence-corrected chi connectivity index (χ4v) is 5.00. The molecular weight excluding hydrogens is 466 g/mol. The van der Waals surface area contributed by atoms with Crippen LogP contribution in [0.4, 0.5) is 5.69 Å². The van der Waals surface area contributed by atoms with Crippen LogP contribution in [0.15, 0.2) is 53.8 Å². The van der Waals surface area contributed by atoms with Gasteiger partial charge in [-0.15, -0.1) is 0 Å². The van der Waals surface area contributed by atoms with E-state index in [1.807, 2.05) is 0 Å². The van der Waals surface area contributed by atoms with Crippen molar-refractivity contribution in [2.75, 3.05) is 0 Å². The zero-order valence-electron chi connectivity index (χ0n) is 15.6. The Morgan fingerprint density at radius 3 is 1.73 bits per heavy atom. The minimum atomic E-state index is -5.89. The van der Waals surface area contributed by atoms with Crippen molar-refractivity contribution in [1.29, 1.82) is 0 Å². The summed E-state index contributed by atoms with van der Waals surface area (Å²) in [5.41, 5.74) is -1.71. The molecular formula is C14H10N2Na2O10S2. The van der Waals surface area contributed by atoms with Crippen molar-refractivity contribution in [3.8, 4) is 0 Å². The summed E-state index contributed by atoms with van der Waals surface area (Å²) in [6.07, 6.45) is 1.96. The molecule has 0 heterocycles.